The highest BCUT2D eigenvalue weighted by atomic mass is 16.5. The Bertz CT molecular complexity index is 2510. The molecule has 6 heterocycles. The SMILES string of the molecule is CC(C)Oc1cc2c(cc1NC(=O)c1cnn3cccnc13)CN([C@H]1CC[C@H](N(C)C3CN(c4cccc5c4n(C)c(=O)n5C4CCC(=O)NC4=O)C3)CC1)C2=O. The molecule has 4 aliphatic rings. The number of imide groups is 1. The van der Waals surface area contributed by atoms with Crippen molar-refractivity contribution in [2.45, 2.75) is 89.2 Å². The number of amides is 4. The number of imidazole rings is 1. The van der Waals surface area contributed by atoms with Crippen molar-refractivity contribution in [1.29, 1.82) is 0 Å². The maximum Gasteiger partial charge on any atom is 0.329 e. The molecular formula is C41H46N10O6. The van der Waals surface area contributed by atoms with Crippen LogP contribution in [0.4, 0.5) is 11.4 Å². The first-order valence-electron chi connectivity index (χ1n) is 19.7. The quantitative estimate of drug-likeness (QED) is 0.212. The molecule has 296 valence electrons. The van der Waals surface area contributed by atoms with Crippen LogP contribution >= 0.6 is 0 Å². The van der Waals surface area contributed by atoms with Gasteiger partial charge in [0.15, 0.2) is 5.65 Å². The minimum Gasteiger partial charge on any atom is -0.489 e. The van der Waals surface area contributed by atoms with Crippen molar-refractivity contribution in [2.75, 3.05) is 30.4 Å². The topological polar surface area (TPSA) is 168 Å². The van der Waals surface area contributed by atoms with Crippen molar-refractivity contribution in [3.63, 3.8) is 0 Å². The number of hydrogen-bond donors (Lipinski definition) is 2. The van der Waals surface area contributed by atoms with Crippen molar-refractivity contribution in [3.8, 4) is 5.75 Å². The van der Waals surface area contributed by atoms with E-state index in [1.807, 2.05) is 43.0 Å². The van der Waals surface area contributed by atoms with Crippen molar-refractivity contribution in [1.82, 2.24) is 38.8 Å². The van der Waals surface area contributed by atoms with Gasteiger partial charge in [0.1, 0.15) is 17.4 Å². The van der Waals surface area contributed by atoms with Crippen LogP contribution in [0.2, 0.25) is 0 Å². The minimum absolute atomic E-state index is 0.00948. The van der Waals surface area contributed by atoms with Gasteiger partial charge in [-0.05, 0) is 88.9 Å². The molecule has 2 N–H and O–H groups in total. The molecule has 0 spiro atoms. The summed E-state index contributed by atoms with van der Waals surface area (Å²) in [6, 6.07) is 11.3. The zero-order valence-corrected chi connectivity index (χ0v) is 32.5. The molecule has 1 atom stereocenters. The zero-order valence-electron chi connectivity index (χ0n) is 32.5. The van der Waals surface area contributed by atoms with Gasteiger partial charge < -0.3 is 19.9 Å². The van der Waals surface area contributed by atoms with Crippen molar-refractivity contribution >= 4 is 51.7 Å². The van der Waals surface area contributed by atoms with Crippen LogP contribution in [0.5, 0.6) is 5.75 Å². The second-order valence-corrected chi connectivity index (χ2v) is 16.0. The fourth-order valence-corrected chi connectivity index (χ4v) is 9.17. The van der Waals surface area contributed by atoms with E-state index in [0.717, 1.165) is 55.5 Å². The van der Waals surface area contributed by atoms with Gasteiger partial charge in [0.25, 0.3) is 11.8 Å². The Morgan fingerprint density at radius 1 is 1.02 bits per heavy atom. The number of rotatable bonds is 9. The number of fused-ring (bicyclic) bond motifs is 3. The van der Waals surface area contributed by atoms with Gasteiger partial charge in [0.2, 0.25) is 11.8 Å². The van der Waals surface area contributed by atoms with E-state index >= 15 is 0 Å². The minimum atomic E-state index is -0.723. The smallest absolute Gasteiger partial charge is 0.329 e. The summed E-state index contributed by atoms with van der Waals surface area (Å²) in [7, 11) is 3.93. The van der Waals surface area contributed by atoms with Gasteiger partial charge in [-0.15, -0.1) is 0 Å². The lowest BCUT2D eigenvalue weighted by molar-refractivity contribution is -0.135. The van der Waals surface area contributed by atoms with Crippen LogP contribution in [0.25, 0.3) is 16.7 Å². The number of aromatic nitrogens is 5. The predicted octanol–water partition coefficient (Wildman–Crippen LogP) is 3.49. The van der Waals surface area contributed by atoms with Crippen LogP contribution in [-0.4, -0.2) is 102 Å². The first-order valence-corrected chi connectivity index (χ1v) is 19.7. The first kappa shape index (κ1) is 36.6. The van der Waals surface area contributed by atoms with Crippen LogP contribution < -0.4 is 26.0 Å². The Labute approximate surface area is 328 Å². The number of benzene rings is 2. The summed E-state index contributed by atoms with van der Waals surface area (Å²) in [4.78, 5) is 76.3. The van der Waals surface area contributed by atoms with Gasteiger partial charge in [-0.25, -0.2) is 14.3 Å². The lowest BCUT2D eigenvalue weighted by Crippen LogP contribution is -2.61. The number of ether oxygens (including phenoxy) is 1. The summed E-state index contributed by atoms with van der Waals surface area (Å²) in [5, 5.41) is 9.62. The van der Waals surface area contributed by atoms with E-state index in [9.17, 15) is 24.0 Å². The van der Waals surface area contributed by atoms with E-state index in [0.29, 0.717) is 58.8 Å². The zero-order chi connectivity index (χ0) is 39.7. The molecule has 0 bridgehead atoms. The monoisotopic (exact) mass is 774 g/mol. The number of carbonyl (C=O) groups excluding carboxylic acids is 4. The third-order valence-corrected chi connectivity index (χ3v) is 12.2. The van der Waals surface area contributed by atoms with Crippen LogP contribution in [0, 0.1) is 0 Å². The Balaban J connectivity index is 0.843. The Morgan fingerprint density at radius 3 is 2.56 bits per heavy atom. The molecule has 5 aromatic rings. The van der Waals surface area contributed by atoms with Crippen LogP contribution in [0.15, 0.2) is 59.8 Å². The fourth-order valence-electron chi connectivity index (χ4n) is 9.17. The summed E-state index contributed by atoms with van der Waals surface area (Å²) in [5.74, 6) is -0.675. The number of aryl methyl sites for hydroxylation is 1. The van der Waals surface area contributed by atoms with Gasteiger partial charge in [0.05, 0.1) is 34.7 Å². The lowest BCUT2D eigenvalue weighted by Gasteiger charge is -2.49. The third-order valence-electron chi connectivity index (χ3n) is 12.2. The molecule has 2 aromatic carbocycles. The third kappa shape index (κ3) is 6.31. The number of carbonyl (C=O) groups is 4. The molecule has 1 saturated carbocycles. The number of nitrogens with zero attached hydrogens (tertiary/aromatic N) is 8. The molecule has 16 nitrogen and oxygen atoms in total. The summed E-state index contributed by atoms with van der Waals surface area (Å²) in [6.45, 7) is 5.90. The van der Waals surface area contributed by atoms with E-state index in [-0.39, 0.29) is 42.0 Å². The van der Waals surface area contributed by atoms with E-state index in [1.54, 1.807) is 40.7 Å². The Hall–Kier alpha value is -6.03. The van der Waals surface area contributed by atoms with Crippen molar-refractivity contribution in [3.05, 3.63) is 82.2 Å². The highest BCUT2D eigenvalue weighted by Gasteiger charge is 2.40. The van der Waals surface area contributed by atoms with Crippen LogP contribution in [0.1, 0.15) is 84.7 Å². The molecule has 0 radical (unpaired) electrons. The number of anilines is 2. The van der Waals surface area contributed by atoms with E-state index in [2.05, 4.69) is 37.6 Å². The second kappa shape index (κ2) is 14.2. The van der Waals surface area contributed by atoms with E-state index < -0.39 is 11.9 Å². The molecule has 3 aromatic heterocycles. The highest BCUT2D eigenvalue weighted by molar-refractivity contribution is 6.09. The van der Waals surface area contributed by atoms with Crippen molar-refractivity contribution in [2.24, 2.45) is 7.05 Å². The molecule has 1 unspecified atom stereocenters. The maximum absolute atomic E-state index is 13.9. The molecule has 4 amide bonds. The molecule has 3 aliphatic heterocycles. The van der Waals surface area contributed by atoms with Gasteiger partial charge in [-0.3, -0.25) is 38.5 Å². The van der Waals surface area contributed by atoms with Gasteiger partial charge >= 0.3 is 5.69 Å². The normalized spacial score (nSPS) is 21.4. The Morgan fingerprint density at radius 2 is 1.81 bits per heavy atom. The number of hydrogen-bond acceptors (Lipinski definition) is 10. The average Bonchev–Trinajstić information content (AvgIpc) is 3.83. The molecule has 9 rings (SSSR count). The number of nitrogens with one attached hydrogen (secondary N) is 2. The van der Waals surface area contributed by atoms with Gasteiger partial charge in [-0.2, -0.15) is 5.10 Å². The number of likely N-dealkylation sites (N-methyl/N-ethyl adjacent to an activating group) is 1. The standard InChI is InChI=1S/C41H46N10O6/c1-23(2)57-34-18-28-24(17-30(34)44-38(53)29-19-43-50-16-6-15-42-37(29)50)20-49(40(28)55)26-11-9-25(10-12-26)46(3)27-21-48(22-27)31-7-5-8-32-36(31)47(4)41(56)51(32)33-13-14-35(52)45-39(33)54/h5-8,15-19,23,25-27,33H,9-14,20-22H2,1-4H3,(H,44,53)(H,45,52,54)/t25-,26-,33?. The second-order valence-electron chi connectivity index (χ2n) is 16.0. The molecule has 2 saturated heterocycles. The molecular weight excluding hydrogens is 729 g/mol. The molecule has 1 aliphatic carbocycles. The number of para-hydroxylation sites is 1. The predicted molar refractivity (Wildman–Crippen MR) is 211 cm³/mol. The molecule has 3 fully saturated rings. The molecule has 57 heavy (non-hydrogen) atoms. The summed E-state index contributed by atoms with van der Waals surface area (Å²) < 4.78 is 10.8. The highest BCUT2D eigenvalue weighted by Crippen LogP contribution is 2.39. The van der Waals surface area contributed by atoms with Crippen LogP contribution in [0.3, 0.4) is 0 Å². The van der Waals surface area contributed by atoms with Gasteiger partial charge in [-0.1, -0.05) is 6.07 Å². The summed E-state index contributed by atoms with van der Waals surface area (Å²) in [5.41, 5.74) is 4.91. The molecule has 16 heteroatoms. The summed E-state index contributed by atoms with van der Waals surface area (Å²) in [6.07, 6.45) is 8.87. The average molecular weight is 775 g/mol. The number of piperidine rings is 1. The van der Waals surface area contributed by atoms with Gasteiger partial charge in [0, 0.05) is 69.2 Å². The lowest BCUT2D eigenvalue weighted by atomic mass is 9.88. The van der Waals surface area contributed by atoms with Crippen molar-refractivity contribution < 1.29 is 23.9 Å². The Kier molecular flexibility index (Phi) is 9.10. The largest absolute Gasteiger partial charge is 0.489 e. The van der Waals surface area contributed by atoms with Crippen LogP contribution in [-0.2, 0) is 23.2 Å². The fraction of sp³-hybridized carbons (Fsp3) is 0.439. The summed E-state index contributed by atoms with van der Waals surface area (Å²) >= 11 is 0. The van der Waals surface area contributed by atoms with E-state index in [4.69, 9.17) is 4.74 Å². The first-order chi connectivity index (χ1) is 27.5. The maximum atomic E-state index is 13.9. The van der Waals surface area contributed by atoms with E-state index in [1.165, 1.54) is 10.8 Å².